The quantitative estimate of drug-likeness (QED) is 0.370. The van der Waals surface area contributed by atoms with E-state index < -0.39 is 6.04 Å². The lowest BCUT2D eigenvalue weighted by Crippen LogP contribution is -2.44. The lowest BCUT2D eigenvalue weighted by Gasteiger charge is -2.26. The molecule has 1 unspecified atom stereocenters. The Kier molecular flexibility index (Phi) is 5.29. The van der Waals surface area contributed by atoms with Gasteiger partial charge in [-0.2, -0.15) is 0 Å². The van der Waals surface area contributed by atoms with E-state index in [1.807, 2.05) is 30.3 Å². The average Bonchev–Trinajstić information content (AvgIpc) is 2.39. The van der Waals surface area contributed by atoms with Crippen molar-refractivity contribution in [3.63, 3.8) is 0 Å². The van der Waals surface area contributed by atoms with Crippen molar-refractivity contribution in [3.05, 3.63) is 35.9 Å². The number of benzene rings is 1. The van der Waals surface area contributed by atoms with Crippen LogP contribution >= 0.6 is 0 Å². The Morgan fingerprint density at radius 3 is 2.44 bits per heavy atom. The minimum atomic E-state index is -0.589. The summed E-state index contributed by atoms with van der Waals surface area (Å²) in [6.07, 6.45) is 0. The molecule has 18 heavy (non-hydrogen) atoms. The molecule has 0 aliphatic rings. The van der Waals surface area contributed by atoms with Gasteiger partial charge < -0.3 is 5.32 Å². The third-order valence-corrected chi connectivity index (χ3v) is 2.62. The zero-order valence-corrected chi connectivity index (χ0v) is 10.5. The second-order valence-electron chi connectivity index (χ2n) is 3.91. The standard InChI is InChI=1S/C12H18N4O2/c1-14-10(17)8-16(2)11(12(18)15-13)9-6-4-3-5-7-9/h3-7,11H,8,13H2,1-2H3,(H,14,17)(H,15,18). The monoisotopic (exact) mass is 250 g/mol. The van der Waals surface area contributed by atoms with Crippen LogP contribution in [0.4, 0.5) is 0 Å². The fourth-order valence-electron chi connectivity index (χ4n) is 1.72. The molecule has 0 heterocycles. The smallest absolute Gasteiger partial charge is 0.255 e. The second-order valence-corrected chi connectivity index (χ2v) is 3.91. The van der Waals surface area contributed by atoms with Gasteiger partial charge in [-0.05, 0) is 12.6 Å². The van der Waals surface area contributed by atoms with Gasteiger partial charge in [0.1, 0.15) is 6.04 Å². The molecule has 1 rings (SSSR count). The summed E-state index contributed by atoms with van der Waals surface area (Å²) in [6.45, 7) is 0.115. The summed E-state index contributed by atoms with van der Waals surface area (Å²) in [5.74, 6) is 4.67. The molecular formula is C12H18N4O2. The van der Waals surface area contributed by atoms with Gasteiger partial charge in [0.05, 0.1) is 6.54 Å². The highest BCUT2D eigenvalue weighted by molar-refractivity contribution is 5.84. The molecule has 1 aromatic carbocycles. The van der Waals surface area contributed by atoms with E-state index in [2.05, 4.69) is 10.7 Å². The molecule has 1 atom stereocenters. The van der Waals surface area contributed by atoms with Crippen molar-refractivity contribution in [2.45, 2.75) is 6.04 Å². The minimum absolute atomic E-state index is 0.115. The Labute approximate surface area is 106 Å². The summed E-state index contributed by atoms with van der Waals surface area (Å²) >= 11 is 0. The number of nitrogens with two attached hydrogens (primary N) is 1. The summed E-state index contributed by atoms with van der Waals surface area (Å²) < 4.78 is 0. The molecule has 6 heteroatoms. The molecule has 0 saturated carbocycles. The van der Waals surface area contributed by atoms with Crippen LogP contribution in [0.15, 0.2) is 30.3 Å². The first-order chi connectivity index (χ1) is 8.60. The number of nitrogens with zero attached hydrogens (tertiary/aromatic N) is 1. The first-order valence-electron chi connectivity index (χ1n) is 5.56. The molecule has 0 aliphatic carbocycles. The first-order valence-corrected chi connectivity index (χ1v) is 5.56. The molecule has 0 aromatic heterocycles. The summed E-state index contributed by atoms with van der Waals surface area (Å²) in [5, 5.41) is 2.52. The predicted octanol–water partition coefficient (Wildman–Crippen LogP) is -0.605. The predicted molar refractivity (Wildman–Crippen MR) is 68.2 cm³/mol. The zero-order valence-electron chi connectivity index (χ0n) is 10.5. The molecule has 4 N–H and O–H groups in total. The van der Waals surface area contributed by atoms with Crippen LogP contribution in [0.3, 0.4) is 0 Å². The molecule has 0 spiro atoms. The van der Waals surface area contributed by atoms with E-state index in [1.54, 1.807) is 19.0 Å². The van der Waals surface area contributed by atoms with Crippen molar-refractivity contribution in [1.82, 2.24) is 15.6 Å². The zero-order chi connectivity index (χ0) is 13.5. The van der Waals surface area contributed by atoms with Crippen LogP contribution in [0.2, 0.25) is 0 Å². The van der Waals surface area contributed by atoms with Crippen LogP contribution in [0.25, 0.3) is 0 Å². The van der Waals surface area contributed by atoms with E-state index in [9.17, 15) is 9.59 Å². The lowest BCUT2D eigenvalue weighted by molar-refractivity contribution is -0.128. The maximum Gasteiger partial charge on any atom is 0.255 e. The van der Waals surface area contributed by atoms with Gasteiger partial charge in [0.15, 0.2) is 0 Å². The Bertz CT molecular complexity index is 408. The number of likely N-dealkylation sites (N-methyl/N-ethyl adjacent to an activating group) is 2. The van der Waals surface area contributed by atoms with E-state index >= 15 is 0 Å². The number of hydrazine groups is 1. The number of amides is 2. The number of hydrogen-bond acceptors (Lipinski definition) is 4. The normalized spacial score (nSPS) is 12.0. The van der Waals surface area contributed by atoms with Crippen LogP contribution in [-0.2, 0) is 9.59 Å². The third-order valence-electron chi connectivity index (χ3n) is 2.62. The van der Waals surface area contributed by atoms with Crippen LogP contribution < -0.4 is 16.6 Å². The van der Waals surface area contributed by atoms with E-state index in [0.29, 0.717) is 0 Å². The molecule has 0 aliphatic heterocycles. The fourth-order valence-corrected chi connectivity index (χ4v) is 1.72. The van der Waals surface area contributed by atoms with E-state index in [1.165, 1.54) is 0 Å². The van der Waals surface area contributed by atoms with Crippen molar-refractivity contribution in [1.29, 1.82) is 0 Å². The van der Waals surface area contributed by atoms with Crippen LogP contribution in [0, 0.1) is 0 Å². The number of carbonyl (C=O) groups is 2. The number of rotatable bonds is 5. The lowest BCUT2D eigenvalue weighted by atomic mass is 10.1. The van der Waals surface area contributed by atoms with E-state index in [0.717, 1.165) is 5.56 Å². The number of nitrogens with one attached hydrogen (secondary N) is 2. The molecule has 6 nitrogen and oxygen atoms in total. The Morgan fingerprint density at radius 2 is 1.94 bits per heavy atom. The van der Waals surface area contributed by atoms with Crippen molar-refractivity contribution < 1.29 is 9.59 Å². The number of carbonyl (C=O) groups excluding carboxylic acids is 2. The van der Waals surface area contributed by atoms with Gasteiger partial charge in [-0.25, -0.2) is 5.84 Å². The molecule has 0 radical (unpaired) electrons. The van der Waals surface area contributed by atoms with Gasteiger partial charge in [0.25, 0.3) is 5.91 Å². The van der Waals surface area contributed by atoms with Gasteiger partial charge in [-0.1, -0.05) is 30.3 Å². The largest absolute Gasteiger partial charge is 0.358 e. The molecule has 98 valence electrons. The molecule has 0 saturated heterocycles. The highest BCUT2D eigenvalue weighted by atomic mass is 16.2. The minimum Gasteiger partial charge on any atom is -0.358 e. The summed E-state index contributed by atoms with van der Waals surface area (Å²) in [4.78, 5) is 24.8. The van der Waals surface area contributed by atoms with Gasteiger partial charge in [-0.15, -0.1) is 0 Å². The summed E-state index contributed by atoms with van der Waals surface area (Å²) in [6, 6.07) is 8.58. The maximum absolute atomic E-state index is 11.8. The second kappa shape index (κ2) is 6.73. The van der Waals surface area contributed by atoms with Crippen molar-refractivity contribution in [2.75, 3.05) is 20.6 Å². The highest BCUT2D eigenvalue weighted by Crippen LogP contribution is 2.18. The van der Waals surface area contributed by atoms with Crippen molar-refractivity contribution in [3.8, 4) is 0 Å². The Hall–Kier alpha value is -1.92. The Balaban J connectivity index is 2.92. The average molecular weight is 250 g/mol. The third kappa shape index (κ3) is 3.54. The van der Waals surface area contributed by atoms with Crippen LogP contribution in [0.5, 0.6) is 0 Å². The molecule has 0 bridgehead atoms. The summed E-state index contributed by atoms with van der Waals surface area (Å²) in [7, 11) is 3.25. The van der Waals surface area contributed by atoms with E-state index in [-0.39, 0.29) is 18.4 Å². The topological polar surface area (TPSA) is 87.5 Å². The highest BCUT2D eigenvalue weighted by Gasteiger charge is 2.25. The molecule has 1 aromatic rings. The van der Waals surface area contributed by atoms with Crippen LogP contribution in [-0.4, -0.2) is 37.4 Å². The van der Waals surface area contributed by atoms with Gasteiger partial charge in [0, 0.05) is 7.05 Å². The molecule has 0 fully saturated rings. The first kappa shape index (κ1) is 14.1. The summed E-state index contributed by atoms with van der Waals surface area (Å²) in [5.41, 5.74) is 2.91. The molecule has 2 amide bonds. The Morgan fingerprint density at radius 1 is 1.33 bits per heavy atom. The van der Waals surface area contributed by atoms with Crippen LogP contribution in [0.1, 0.15) is 11.6 Å². The number of hydrogen-bond donors (Lipinski definition) is 3. The SMILES string of the molecule is CNC(=O)CN(C)C(C(=O)NN)c1ccccc1. The van der Waals surface area contributed by atoms with E-state index in [4.69, 9.17) is 5.84 Å². The van der Waals surface area contributed by atoms with Gasteiger partial charge in [-0.3, -0.25) is 19.9 Å². The fraction of sp³-hybridized carbons (Fsp3) is 0.333. The molecular weight excluding hydrogens is 232 g/mol. The van der Waals surface area contributed by atoms with Crippen molar-refractivity contribution >= 4 is 11.8 Å². The van der Waals surface area contributed by atoms with Crippen molar-refractivity contribution in [2.24, 2.45) is 5.84 Å². The maximum atomic E-state index is 11.8. The van der Waals surface area contributed by atoms with Gasteiger partial charge >= 0.3 is 0 Å². The van der Waals surface area contributed by atoms with Gasteiger partial charge in [0.2, 0.25) is 5.91 Å².